The van der Waals surface area contributed by atoms with Gasteiger partial charge in [-0.15, -0.1) is 0 Å². The second-order valence-corrected chi connectivity index (χ2v) is 3.07. The van der Waals surface area contributed by atoms with Crippen LogP contribution in [0.4, 0.5) is 0 Å². The minimum absolute atomic E-state index is 0.698. The van der Waals surface area contributed by atoms with Crippen molar-refractivity contribution >= 4 is 5.78 Å². The van der Waals surface area contributed by atoms with Gasteiger partial charge in [0.2, 0.25) is 0 Å². The molecule has 0 N–H and O–H groups in total. The first kappa shape index (κ1) is 8.16. The fourth-order valence-electron chi connectivity index (χ4n) is 1.31. The Labute approximate surface area is 76.6 Å². The fraction of sp³-hybridized carbons (Fsp3) is 0.444. The molecule has 13 heavy (non-hydrogen) atoms. The molecule has 0 aromatic carbocycles. The van der Waals surface area contributed by atoms with Crippen molar-refractivity contribution in [3.63, 3.8) is 0 Å². The normalized spacial score (nSPS) is 10.9. The van der Waals surface area contributed by atoms with Crippen LogP contribution in [0.5, 0.6) is 0 Å². The molecule has 0 aliphatic carbocycles. The Balaban J connectivity index is 2.48. The molecule has 2 rings (SSSR count). The summed E-state index contributed by atoms with van der Waals surface area (Å²) in [5, 5.41) is 4.16. The Hall–Kier alpha value is -1.45. The third-order valence-corrected chi connectivity index (χ3v) is 1.88. The highest BCUT2D eigenvalue weighted by atomic mass is 15.3. The van der Waals surface area contributed by atoms with Gasteiger partial charge in [-0.05, 0) is 19.4 Å². The van der Waals surface area contributed by atoms with Crippen LogP contribution >= 0.6 is 0 Å². The highest BCUT2D eigenvalue weighted by Crippen LogP contribution is 2.02. The van der Waals surface area contributed by atoms with Crippen LogP contribution in [-0.2, 0) is 6.42 Å². The number of hydrogen-bond donors (Lipinski definition) is 0. The summed E-state index contributed by atoms with van der Waals surface area (Å²) in [6.07, 6.45) is 4.02. The molecule has 68 valence electrons. The second kappa shape index (κ2) is 3.12. The quantitative estimate of drug-likeness (QED) is 0.694. The minimum Gasteiger partial charge on any atom is -0.216 e. The molecule has 0 aliphatic rings. The number of fused-ring (bicyclic) bond motifs is 1. The molecule has 0 aliphatic heterocycles. The topological polar surface area (TPSA) is 43.1 Å². The van der Waals surface area contributed by atoms with Gasteiger partial charge in [0, 0.05) is 11.9 Å². The van der Waals surface area contributed by atoms with Crippen molar-refractivity contribution < 1.29 is 0 Å². The molecular weight excluding hydrogens is 164 g/mol. The lowest BCUT2D eigenvalue weighted by molar-refractivity contribution is 0.853. The molecule has 0 saturated heterocycles. The van der Waals surface area contributed by atoms with Crippen LogP contribution in [0.1, 0.15) is 24.9 Å². The van der Waals surface area contributed by atoms with E-state index in [0.717, 1.165) is 24.4 Å². The molecule has 0 saturated carbocycles. The summed E-state index contributed by atoms with van der Waals surface area (Å²) in [6.45, 7) is 4.01. The molecule has 2 aromatic heterocycles. The summed E-state index contributed by atoms with van der Waals surface area (Å²) >= 11 is 0. The average Bonchev–Trinajstić information content (AvgIpc) is 2.44. The molecule has 0 spiro atoms. The van der Waals surface area contributed by atoms with Gasteiger partial charge in [-0.1, -0.05) is 13.3 Å². The van der Waals surface area contributed by atoms with E-state index in [-0.39, 0.29) is 0 Å². The largest absolute Gasteiger partial charge is 0.252 e. The molecule has 2 aromatic rings. The first-order valence-electron chi connectivity index (χ1n) is 4.48. The van der Waals surface area contributed by atoms with Crippen molar-refractivity contribution in [1.29, 1.82) is 0 Å². The average molecular weight is 176 g/mol. The third-order valence-electron chi connectivity index (χ3n) is 1.88. The summed E-state index contributed by atoms with van der Waals surface area (Å²) in [5.41, 5.74) is 1.09. The maximum atomic E-state index is 4.38. The maximum absolute atomic E-state index is 4.38. The lowest BCUT2D eigenvalue weighted by Crippen LogP contribution is -1.95. The summed E-state index contributed by atoms with van der Waals surface area (Å²) in [5.74, 6) is 1.46. The lowest BCUT2D eigenvalue weighted by atomic mass is 10.2. The zero-order valence-electron chi connectivity index (χ0n) is 7.86. The Morgan fingerprint density at radius 2 is 2.23 bits per heavy atom. The predicted molar refractivity (Wildman–Crippen MR) is 49.5 cm³/mol. The van der Waals surface area contributed by atoms with E-state index in [9.17, 15) is 0 Å². The minimum atomic E-state index is 0.698. The van der Waals surface area contributed by atoms with Crippen LogP contribution in [0.2, 0.25) is 0 Å². The monoisotopic (exact) mass is 176 g/mol. The second-order valence-electron chi connectivity index (χ2n) is 3.07. The number of hydrogen-bond acceptors (Lipinski definition) is 3. The Kier molecular flexibility index (Phi) is 1.96. The first-order valence-corrected chi connectivity index (χ1v) is 4.48. The van der Waals surface area contributed by atoms with E-state index in [0.29, 0.717) is 5.78 Å². The molecule has 2 heterocycles. The molecule has 0 atom stereocenters. The van der Waals surface area contributed by atoms with Crippen LogP contribution in [0.25, 0.3) is 5.78 Å². The molecule has 0 amide bonds. The molecule has 0 radical (unpaired) electrons. The summed E-state index contributed by atoms with van der Waals surface area (Å²) < 4.78 is 1.70. The highest BCUT2D eigenvalue weighted by molar-refractivity contribution is 5.27. The highest BCUT2D eigenvalue weighted by Gasteiger charge is 2.00. The van der Waals surface area contributed by atoms with E-state index in [1.165, 1.54) is 0 Å². The van der Waals surface area contributed by atoms with Gasteiger partial charge in [0.1, 0.15) is 5.82 Å². The van der Waals surface area contributed by atoms with Crippen LogP contribution in [-0.4, -0.2) is 19.6 Å². The van der Waals surface area contributed by atoms with Gasteiger partial charge < -0.3 is 0 Å². The Morgan fingerprint density at radius 3 is 3.00 bits per heavy atom. The smallest absolute Gasteiger partial charge is 0.216 e. The summed E-state index contributed by atoms with van der Waals surface area (Å²) in [6, 6.07) is 1.99. The molecule has 4 heteroatoms. The van der Waals surface area contributed by atoms with E-state index in [4.69, 9.17) is 0 Å². The molecule has 4 nitrogen and oxygen atoms in total. The SMILES string of the molecule is CCCc1ccn2nc(C)nc2n1. The van der Waals surface area contributed by atoms with E-state index >= 15 is 0 Å². The van der Waals surface area contributed by atoms with Gasteiger partial charge in [-0.3, -0.25) is 0 Å². The maximum Gasteiger partial charge on any atom is 0.252 e. The third kappa shape index (κ3) is 1.52. The van der Waals surface area contributed by atoms with Crippen molar-refractivity contribution in [2.45, 2.75) is 26.7 Å². The zero-order valence-corrected chi connectivity index (χ0v) is 7.86. The van der Waals surface area contributed by atoms with Gasteiger partial charge in [0.15, 0.2) is 0 Å². The Bertz CT molecular complexity index is 418. The van der Waals surface area contributed by atoms with Crippen molar-refractivity contribution in [1.82, 2.24) is 19.6 Å². The Morgan fingerprint density at radius 1 is 1.38 bits per heavy atom. The van der Waals surface area contributed by atoms with Crippen LogP contribution < -0.4 is 0 Å². The predicted octanol–water partition coefficient (Wildman–Crippen LogP) is 1.39. The van der Waals surface area contributed by atoms with Gasteiger partial charge in [-0.25, -0.2) is 9.50 Å². The van der Waals surface area contributed by atoms with E-state index < -0.39 is 0 Å². The number of aromatic nitrogens is 4. The number of rotatable bonds is 2. The van der Waals surface area contributed by atoms with Crippen LogP contribution in [0.3, 0.4) is 0 Å². The van der Waals surface area contributed by atoms with Gasteiger partial charge in [0.05, 0.1) is 0 Å². The van der Waals surface area contributed by atoms with Gasteiger partial charge in [0.25, 0.3) is 5.78 Å². The molecule has 0 fully saturated rings. The molecule has 0 bridgehead atoms. The van der Waals surface area contributed by atoms with E-state index in [1.807, 2.05) is 19.2 Å². The van der Waals surface area contributed by atoms with E-state index in [2.05, 4.69) is 22.0 Å². The number of aryl methyl sites for hydroxylation is 2. The first-order chi connectivity index (χ1) is 6.29. The van der Waals surface area contributed by atoms with Gasteiger partial charge in [-0.2, -0.15) is 10.1 Å². The lowest BCUT2D eigenvalue weighted by Gasteiger charge is -1.96. The van der Waals surface area contributed by atoms with Crippen molar-refractivity contribution in [3.8, 4) is 0 Å². The molecular formula is C9H12N4. The van der Waals surface area contributed by atoms with Crippen molar-refractivity contribution in [2.24, 2.45) is 0 Å². The fourth-order valence-corrected chi connectivity index (χ4v) is 1.31. The summed E-state index contributed by atoms with van der Waals surface area (Å²) in [7, 11) is 0. The zero-order chi connectivity index (χ0) is 9.26. The number of nitrogens with zero attached hydrogens (tertiary/aromatic N) is 4. The summed E-state index contributed by atoms with van der Waals surface area (Å²) in [4.78, 5) is 8.57. The van der Waals surface area contributed by atoms with E-state index in [1.54, 1.807) is 4.52 Å². The van der Waals surface area contributed by atoms with Crippen molar-refractivity contribution in [2.75, 3.05) is 0 Å². The van der Waals surface area contributed by atoms with Crippen LogP contribution in [0, 0.1) is 6.92 Å². The van der Waals surface area contributed by atoms with Crippen molar-refractivity contribution in [3.05, 3.63) is 23.8 Å². The van der Waals surface area contributed by atoms with Crippen LogP contribution in [0.15, 0.2) is 12.3 Å². The standard InChI is InChI=1S/C9H12N4/c1-3-4-8-5-6-13-9(11-8)10-7(2)12-13/h5-6H,3-4H2,1-2H3. The molecule has 0 unspecified atom stereocenters. The van der Waals surface area contributed by atoms with Gasteiger partial charge >= 0.3 is 0 Å².